The minimum Gasteiger partial charge on any atom is -0.354 e. The van der Waals surface area contributed by atoms with Crippen LogP contribution in [-0.4, -0.2) is 57.8 Å². The Kier molecular flexibility index (Phi) is 8.17. The molecule has 250 valence electrons. The molecule has 6 N–H and O–H groups in total. The lowest BCUT2D eigenvalue weighted by Crippen LogP contribution is -2.17. The molecule has 0 aliphatic carbocycles. The predicted octanol–water partition coefficient (Wildman–Crippen LogP) is 7.49. The zero-order valence-electron chi connectivity index (χ0n) is 27.4. The van der Waals surface area contributed by atoms with Gasteiger partial charge in [-0.3, -0.25) is 14.8 Å². The van der Waals surface area contributed by atoms with Crippen molar-refractivity contribution in [3.63, 3.8) is 0 Å². The molecular weight excluding hydrogens is 661 g/mol. The highest BCUT2D eigenvalue weighted by atomic mass is 32.1. The summed E-state index contributed by atoms with van der Waals surface area (Å²) in [6, 6.07) is 24.9. The van der Waals surface area contributed by atoms with Crippen LogP contribution in [0.4, 0.5) is 23.3 Å². The number of aromatic amines is 3. The Labute approximate surface area is 296 Å². The second-order valence-corrected chi connectivity index (χ2v) is 12.1. The van der Waals surface area contributed by atoms with E-state index in [-0.39, 0.29) is 5.91 Å². The molecule has 0 aliphatic heterocycles. The van der Waals surface area contributed by atoms with Crippen molar-refractivity contribution in [3.05, 3.63) is 113 Å². The van der Waals surface area contributed by atoms with E-state index in [1.807, 2.05) is 78.9 Å². The summed E-state index contributed by atoms with van der Waals surface area (Å²) in [4.78, 5) is 49.8. The van der Waals surface area contributed by atoms with Crippen molar-refractivity contribution in [3.8, 4) is 34.0 Å². The monoisotopic (exact) mass is 690 g/mol. The molecule has 0 bridgehead atoms. The molecule has 0 aliphatic rings. The molecule has 0 fully saturated rings. The van der Waals surface area contributed by atoms with E-state index in [1.54, 1.807) is 25.6 Å². The van der Waals surface area contributed by atoms with Crippen LogP contribution in [0.15, 0.2) is 97.5 Å². The number of imidazole rings is 1. The Hall–Kier alpha value is -6.80. The molecule has 51 heavy (non-hydrogen) atoms. The second kappa shape index (κ2) is 13.2. The Bertz CT molecular complexity index is 2610. The fraction of sp³-hybridized carbons (Fsp3) is 0.0811. The Morgan fingerprint density at radius 2 is 1.53 bits per heavy atom. The van der Waals surface area contributed by atoms with E-state index in [0.29, 0.717) is 50.8 Å². The van der Waals surface area contributed by atoms with E-state index < -0.39 is 0 Å². The predicted molar refractivity (Wildman–Crippen MR) is 201 cm³/mol. The molecule has 0 radical (unpaired) electrons. The number of hydrogen-bond acceptors (Lipinski definition) is 10. The zero-order chi connectivity index (χ0) is 34.9. The minimum absolute atomic E-state index is 0.167. The molecule has 14 heteroatoms. The maximum atomic E-state index is 12.2. The highest BCUT2D eigenvalue weighted by molar-refractivity contribution is 7.71. The molecule has 6 aromatic heterocycles. The summed E-state index contributed by atoms with van der Waals surface area (Å²) in [6.07, 6.45) is 5.97. The van der Waals surface area contributed by atoms with Gasteiger partial charge in [-0.05, 0) is 97.0 Å². The summed E-state index contributed by atoms with van der Waals surface area (Å²) in [7, 11) is 1.61. The summed E-state index contributed by atoms with van der Waals surface area (Å²) >= 11 is 5.24. The maximum absolute atomic E-state index is 12.2. The van der Waals surface area contributed by atoms with Crippen LogP contribution in [0.1, 0.15) is 23.0 Å². The summed E-state index contributed by atoms with van der Waals surface area (Å²) in [5.74, 6) is 0.665. The van der Waals surface area contributed by atoms with Gasteiger partial charge in [0.05, 0.1) is 39.5 Å². The number of benzene rings is 2. The lowest BCUT2D eigenvalue weighted by Gasteiger charge is -2.11. The third-order valence-corrected chi connectivity index (χ3v) is 8.53. The minimum atomic E-state index is -0.167. The molecule has 0 unspecified atom stereocenters. The van der Waals surface area contributed by atoms with E-state index >= 15 is 0 Å². The van der Waals surface area contributed by atoms with Crippen molar-refractivity contribution >= 4 is 63.3 Å². The van der Waals surface area contributed by atoms with E-state index in [9.17, 15) is 4.79 Å². The van der Waals surface area contributed by atoms with Gasteiger partial charge in [-0.25, -0.2) is 19.9 Å². The van der Waals surface area contributed by atoms with Gasteiger partial charge in [0.25, 0.3) is 5.91 Å². The smallest absolute Gasteiger partial charge is 0.267 e. The number of aromatic nitrogens is 9. The maximum Gasteiger partial charge on any atom is 0.267 e. The molecule has 1 amide bonds. The number of amides is 1. The number of carbonyl (C=O) groups is 1. The molecule has 0 saturated heterocycles. The normalized spacial score (nSPS) is 11.2. The molecule has 8 aromatic rings. The van der Waals surface area contributed by atoms with Crippen LogP contribution in [0.5, 0.6) is 0 Å². The number of nitrogens with one attached hydrogen (secondary N) is 6. The third kappa shape index (κ3) is 6.50. The molecule has 0 saturated carbocycles. The molecule has 0 spiro atoms. The Balaban J connectivity index is 1.07. The summed E-state index contributed by atoms with van der Waals surface area (Å²) < 4.78 is 0.557. The second-order valence-electron chi connectivity index (χ2n) is 11.7. The number of pyridine rings is 2. The van der Waals surface area contributed by atoms with Crippen molar-refractivity contribution in [2.24, 2.45) is 0 Å². The van der Waals surface area contributed by atoms with Gasteiger partial charge < -0.3 is 30.9 Å². The lowest BCUT2D eigenvalue weighted by atomic mass is 10.1. The van der Waals surface area contributed by atoms with Gasteiger partial charge in [0.15, 0.2) is 4.77 Å². The number of carbonyl (C=O) groups excluding carboxylic acids is 1. The van der Waals surface area contributed by atoms with E-state index in [2.05, 4.69) is 47.8 Å². The van der Waals surface area contributed by atoms with Crippen molar-refractivity contribution in [1.29, 1.82) is 0 Å². The van der Waals surface area contributed by atoms with E-state index in [4.69, 9.17) is 32.2 Å². The first-order chi connectivity index (χ1) is 24.9. The molecular formula is C37H30N12OS. The number of H-pyrrole nitrogens is 3. The van der Waals surface area contributed by atoms with E-state index in [0.717, 1.165) is 50.9 Å². The quantitative estimate of drug-likeness (QED) is 0.0832. The first-order valence-electron chi connectivity index (χ1n) is 16.2. The number of rotatable bonds is 9. The number of nitrogens with zero attached hydrogens (tertiary/aromatic N) is 6. The van der Waals surface area contributed by atoms with Gasteiger partial charge in [0.1, 0.15) is 5.69 Å². The van der Waals surface area contributed by atoms with Crippen LogP contribution in [0, 0.1) is 4.77 Å². The molecule has 0 atom stereocenters. The fourth-order valence-corrected chi connectivity index (χ4v) is 6.07. The van der Waals surface area contributed by atoms with Crippen LogP contribution in [0.25, 0.3) is 56.0 Å². The Morgan fingerprint density at radius 1 is 0.706 bits per heavy atom. The average Bonchev–Trinajstić information content (AvgIpc) is 3.77. The topological polar surface area (TPSA) is 178 Å². The third-order valence-electron chi connectivity index (χ3n) is 8.32. The largest absolute Gasteiger partial charge is 0.354 e. The summed E-state index contributed by atoms with van der Waals surface area (Å²) in [6.45, 7) is 2.07. The van der Waals surface area contributed by atoms with Crippen molar-refractivity contribution in [2.75, 3.05) is 17.7 Å². The molecule has 2 aromatic carbocycles. The van der Waals surface area contributed by atoms with Gasteiger partial charge in [-0.2, -0.15) is 0 Å². The van der Waals surface area contributed by atoms with Crippen LogP contribution in [0.2, 0.25) is 0 Å². The molecule has 6 heterocycles. The number of aryl methyl sites for hydroxylation is 1. The van der Waals surface area contributed by atoms with Crippen LogP contribution >= 0.6 is 12.2 Å². The number of anilines is 4. The highest BCUT2D eigenvalue weighted by Crippen LogP contribution is 2.29. The van der Waals surface area contributed by atoms with Crippen molar-refractivity contribution < 1.29 is 4.79 Å². The van der Waals surface area contributed by atoms with Gasteiger partial charge in [0, 0.05) is 53.5 Å². The number of fused-ring (bicyclic) bond motifs is 2. The lowest BCUT2D eigenvalue weighted by molar-refractivity contribution is 0.0959. The molecule has 8 rings (SSSR count). The van der Waals surface area contributed by atoms with Crippen LogP contribution in [0.3, 0.4) is 0 Å². The van der Waals surface area contributed by atoms with Crippen LogP contribution in [-0.2, 0) is 6.42 Å². The Morgan fingerprint density at radius 3 is 2.33 bits per heavy atom. The standard InChI is InChI=1S/C37H30N12OS/c1-3-20-14-24(15-22-16-32(34(50)38-2)44-33(20)22)43-35-40-13-11-28(45-35)26-9-7-21(19-41-26)29-18-31(25-6-4-5-12-39-25)47-36(46-29)42-23-8-10-27-30(17-23)49-37(51)48-27/h4-19,44H,3H2,1-2H3,(H,38,50)(H,40,43,45)(H,42,46,47)(H2,48,49,51). The van der Waals surface area contributed by atoms with Crippen LogP contribution < -0.4 is 16.0 Å². The summed E-state index contributed by atoms with van der Waals surface area (Å²) in [5.41, 5.74) is 10.1. The number of hydrogen-bond donors (Lipinski definition) is 6. The fourth-order valence-electron chi connectivity index (χ4n) is 5.85. The SMILES string of the molecule is CCc1cc(Nc2nccc(-c3ccc(-c4cc(-c5ccccn5)nc(Nc5ccc6[nH]c(=S)[nH]c6c5)n4)cn3)n2)cc2cc(C(=O)NC)[nH]c12. The first kappa shape index (κ1) is 31.5. The van der Waals surface area contributed by atoms with Gasteiger partial charge in [-0.1, -0.05) is 13.0 Å². The van der Waals surface area contributed by atoms with Gasteiger partial charge in [-0.15, -0.1) is 0 Å². The first-order valence-corrected chi connectivity index (χ1v) is 16.6. The highest BCUT2D eigenvalue weighted by Gasteiger charge is 2.14. The summed E-state index contributed by atoms with van der Waals surface area (Å²) in [5, 5.41) is 10.2. The van der Waals surface area contributed by atoms with Crippen molar-refractivity contribution in [2.45, 2.75) is 13.3 Å². The zero-order valence-corrected chi connectivity index (χ0v) is 28.3. The van der Waals surface area contributed by atoms with E-state index in [1.165, 1.54) is 0 Å². The van der Waals surface area contributed by atoms with Crippen molar-refractivity contribution in [1.82, 2.24) is 50.2 Å². The average molecular weight is 691 g/mol. The van der Waals surface area contributed by atoms with Gasteiger partial charge in [0.2, 0.25) is 11.9 Å². The van der Waals surface area contributed by atoms with Gasteiger partial charge >= 0.3 is 0 Å². The molecule has 13 nitrogen and oxygen atoms in total.